The smallest absolute Gasteiger partial charge is 0.124 e. The number of H-pyrrole nitrogens is 1. The summed E-state index contributed by atoms with van der Waals surface area (Å²) in [7, 11) is 0. The van der Waals surface area contributed by atoms with Crippen LogP contribution < -0.4 is 0 Å². The molecule has 0 atom stereocenters. The van der Waals surface area contributed by atoms with Gasteiger partial charge < -0.3 is 10.1 Å². The first-order valence-corrected chi connectivity index (χ1v) is 4.19. The molecule has 2 aromatic rings. The van der Waals surface area contributed by atoms with Crippen molar-refractivity contribution in [2.75, 3.05) is 0 Å². The highest BCUT2D eigenvalue weighted by molar-refractivity contribution is 5.67. The van der Waals surface area contributed by atoms with Crippen molar-refractivity contribution < 1.29 is 5.11 Å². The zero-order valence-corrected chi connectivity index (χ0v) is 7.36. The molecule has 0 aliphatic carbocycles. The molecule has 1 aromatic heterocycles. The van der Waals surface area contributed by atoms with Crippen LogP contribution in [0.2, 0.25) is 0 Å². The fourth-order valence-electron chi connectivity index (χ4n) is 1.32. The summed E-state index contributed by atoms with van der Waals surface area (Å²) in [5, 5.41) is 18.2. The molecule has 3 nitrogen and oxygen atoms in total. The lowest BCUT2D eigenvalue weighted by atomic mass is 10.1. The van der Waals surface area contributed by atoms with Crippen LogP contribution >= 0.6 is 0 Å². The number of nitriles is 1. The second kappa shape index (κ2) is 3.27. The highest BCUT2D eigenvalue weighted by Crippen LogP contribution is 2.27. The molecule has 0 spiro atoms. The van der Waals surface area contributed by atoms with Crippen molar-refractivity contribution in [1.82, 2.24) is 4.98 Å². The number of hydrogen-bond donors (Lipinski definition) is 2. The Morgan fingerprint density at radius 1 is 1.14 bits per heavy atom. The molecule has 0 amide bonds. The Balaban J connectivity index is 2.51. The van der Waals surface area contributed by atoms with Gasteiger partial charge in [-0.3, -0.25) is 0 Å². The number of aromatic hydroxyl groups is 1. The van der Waals surface area contributed by atoms with Gasteiger partial charge in [-0.25, -0.2) is 0 Å². The molecule has 1 aromatic carbocycles. The van der Waals surface area contributed by atoms with Crippen LogP contribution in [0.4, 0.5) is 0 Å². The highest BCUT2D eigenvalue weighted by Gasteiger charge is 2.04. The normalized spacial score (nSPS) is 9.64. The zero-order chi connectivity index (χ0) is 9.97. The number of aromatic amines is 1. The minimum absolute atomic E-state index is 0.207. The average Bonchev–Trinajstić information content (AvgIpc) is 2.67. The standard InChI is InChI=1S/C11H8N2O/c12-7-8-5-6-10(13-8)9-3-1-2-4-11(9)14/h1-6,13-14H. The number of nitrogens with zero attached hydrogens (tertiary/aromatic N) is 1. The number of rotatable bonds is 1. The monoisotopic (exact) mass is 184 g/mol. The third-order valence-electron chi connectivity index (χ3n) is 2.00. The number of benzene rings is 1. The fourth-order valence-corrected chi connectivity index (χ4v) is 1.32. The SMILES string of the molecule is N#Cc1ccc(-c2ccccc2O)[nH]1. The Hall–Kier alpha value is -2.21. The Morgan fingerprint density at radius 3 is 2.57 bits per heavy atom. The van der Waals surface area contributed by atoms with Gasteiger partial charge in [0.1, 0.15) is 17.5 Å². The van der Waals surface area contributed by atoms with Gasteiger partial charge in [0.05, 0.1) is 5.69 Å². The third-order valence-corrected chi connectivity index (χ3v) is 2.00. The molecular weight excluding hydrogens is 176 g/mol. The molecule has 0 fully saturated rings. The minimum atomic E-state index is 0.207. The van der Waals surface area contributed by atoms with Crippen LogP contribution in [0, 0.1) is 11.3 Å². The van der Waals surface area contributed by atoms with E-state index in [4.69, 9.17) is 5.26 Å². The van der Waals surface area contributed by atoms with E-state index < -0.39 is 0 Å². The van der Waals surface area contributed by atoms with Gasteiger partial charge in [-0.15, -0.1) is 0 Å². The summed E-state index contributed by atoms with van der Waals surface area (Å²) in [5.74, 6) is 0.207. The van der Waals surface area contributed by atoms with E-state index in [9.17, 15) is 5.11 Å². The van der Waals surface area contributed by atoms with Crippen LogP contribution in [0.3, 0.4) is 0 Å². The summed E-state index contributed by atoms with van der Waals surface area (Å²) in [6.45, 7) is 0. The van der Waals surface area contributed by atoms with Gasteiger partial charge in [0, 0.05) is 5.56 Å². The van der Waals surface area contributed by atoms with Crippen molar-refractivity contribution in [2.45, 2.75) is 0 Å². The van der Waals surface area contributed by atoms with Gasteiger partial charge in [0.25, 0.3) is 0 Å². The van der Waals surface area contributed by atoms with E-state index in [1.807, 2.05) is 12.1 Å². The molecule has 0 aliphatic heterocycles. The Labute approximate surface area is 81.2 Å². The molecule has 14 heavy (non-hydrogen) atoms. The van der Waals surface area contributed by atoms with Crippen LogP contribution in [0.5, 0.6) is 5.75 Å². The molecule has 0 aliphatic rings. The predicted molar refractivity (Wildman–Crippen MR) is 52.6 cm³/mol. The molecular formula is C11H8N2O. The van der Waals surface area contributed by atoms with Gasteiger partial charge in [-0.2, -0.15) is 5.26 Å². The summed E-state index contributed by atoms with van der Waals surface area (Å²) in [4.78, 5) is 2.90. The quantitative estimate of drug-likeness (QED) is 0.714. The van der Waals surface area contributed by atoms with Crippen molar-refractivity contribution in [3.8, 4) is 23.1 Å². The molecule has 0 bridgehead atoms. The van der Waals surface area contributed by atoms with Crippen molar-refractivity contribution in [2.24, 2.45) is 0 Å². The van der Waals surface area contributed by atoms with E-state index in [0.29, 0.717) is 11.3 Å². The second-order valence-corrected chi connectivity index (χ2v) is 2.91. The van der Waals surface area contributed by atoms with Gasteiger partial charge >= 0.3 is 0 Å². The van der Waals surface area contributed by atoms with E-state index in [1.165, 1.54) is 0 Å². The summed E-state index contributed by atoms with van der Waals surface area (Å²) < 4.78 is 0. The van der Waals surface area contributed by atoms with Crippen molar-refractivity contribution >= 4 is 0 Å². The first kappa shape index (κ1) is 8.39. The zero-order valence-electron chi connectivity index (χ0n) is 7.36. The summed E-state index contributed by atoms with van der Waals surface area (Å²) >= 11 is 0. The highest BCUT2D eigenvalue weighted by atomic mass is 16.3. The maximum Gasteiger partial charge on any atom is 0.124 e. The van der Waals surface area contributed by atoms with Crippen LogP contribution in [0.15, 0.2) is 36.4 Å². The molecule has 68 valence electrons. The number of para-hydroxylation sites is 1. The van der Waals surface area contributed by atoms with Crippen LogP contribution in [-0.4, -0.2) is 10.1 Å². The summed E-state index contributed by atoms with van der Waals surface area (Å²) in [5.41, 5.74) is 1.94. The Kier molecular flexibility index (Phi) is 1.96. The second-order valence-electron chi connectivity index (χ2n) is 2.91. The van der Waals surface area contributed by atoms with Crippen LogP contribution in [0.1, 0.15) is 5.69 Å². The number of hydrogen-bond acceptors (Lipinski definition) is 2. The van der Waals surface area contributed by atoms with E-state index in [-0.39, 0.29) is 5.75 Å². The van der Waals surface area contributed by atoms with Gasteiger partial charge in [-0.05, 0) is 24.3 Å². The molecule has 2 N–H and O–H groups in total. The number of aromatic nitrogens is 1. The number of phenolic OH excluding ortho intramolecular Hbond substituents is 1. The predicted octanol–water partition coefficient (Wildman–Crippen LogP) is 2.26. The van der Waals surface area contributed by atoms with E-state index in [0.717, 1.165) is 5.69 Å². The lowest BCUT2D eigenvalue weighted by Gasteiger charge is -2.00. The maximum absolute atomic E-state index is 9.54. The van der Waals surface area contributed by atoms with E-state index in [1.54, 1.807) is 30.3 Å². The minimum Gasteiger partial charge on any atom is -0.507 e. The Morgan fingerprint density at radius 2 is 1.93 bits per heavy atom. The van der Waals surface area contributed by atoms with Crippen molar-refractivity contribution in [3.05, 3.63) is 42.1 Å². The topological polar surface area (TPSA) is 59.8 Å². The fraction of sp³-hybridized carbons (Fsp3) is 0. The summed E-state index contributed by atoms with van der Waals surface area (Å²) in [6, 6.07) is 12.5. The lowest BCUT2D eigenvalue weighted by Crippen LogP contribution is -1.79. The van der Waals surface area contributed by atoms with Crippen LogP contribution in [0.25, 0.3) is 11.3 Å². The molecule has 0 radical (unpaired) electrons. The molecule has 0 saturated heterocycles. The first-order chi connectivity index (χ1) is 6.81. The first-order valence-electron chi connectivity index (χ1n) is 4.19. The molecule has 1 heterocycles. The van der Waals surface area contributed by atoms with Gasteiger partial charge in [0.2, 0.25) is 0 Å². The molecule has 2 rings (SSSR count). The van der Waals surface area contributed by atoms with Crippen molar-refractivity contribution in [1.29, 1.82) is 5.26 Å². The van der Waals surface area contributed by atoms with Gasteiger partial charge in [0.15, 0.2) is 0 Å². The lowest BCUT2D eigenvalue weighted by molar-refractivity contribution is 0.477. The van der Waals surface area contributed by atoms with Gasteiger partial charge in [-0.1, -0.05) is 12.1 Å². The number of phenols is 1. The largest absolute Gasteiger partial charge is 0.507 e. The molecule has 0 unspecified atom stereocenters. The molecule has 3 heteroatoms. The average molecular weight is 184 g/mol. The Bertz CT molecular complexity index is 494. The number of nitrogens with one attached hydrogen (secondary N) is 1. The van der Waals surface area contributed by atoms with Crippen LogP contribution in [-0.2, 0) is 0 Å². The molecule has 0 saturated carbocycles. The maximum atomic E-state index is 9.54. The third kappa shape index (κ3) is 1.34. The van der Waals surface area contributed by atoms with Crippen molar-refractivity contribution in [3.63, 3.8) is 0 Å². The van der Waals surface area contributed by atoms with E-state index in [2.05, 4.69) is 4.98 Å². The summed E-state index contributed by atoms with van der Waals surface area (Å²) in [6.07, 6.45) is 0. The van der Waals surface area contributed by atoms with E-state index >= 15 is 0 Å².